The van der Waals surface area contributed by atoms with Gasteiger partial charge in [-0.25, -0.2) is 0 Å². The smallest absolute Gasteiger partial charge is 0.0610 e. The standard InChI is InChI=1S/C17H35NO2/c1-5-18-17(4,13-19)8-6-7-9-20-16-11-14(2)10-15(3)12-16/h14-16,18-19H,5-13H2,1-4H3. The maximum atomic E-state index is 9.44. The predicted octanol–water partition coefficient (Wildman–Crippen LogP) is 3.36. The van der Waals surface area contributed by atoms with Gasteiger partial charge in [-0.1, -0.05) is 20.8 Å². The Bertz CT molecular complexity index is 249. The molecule has 0 aromatic rings. The van der Waals surface area contributed by atoms with Crippen LogP contribution in [-0.2, 0) is 4.74 Å². The van der Waals surface area contributed by atoms with Crippen LogP contribution in [0.5, 0.6) is 0 Å². The first-order chi connectivity index (χ1) is 9.49. The van der Waals surface area contributed by atoms with E-state index in [1.165, 1.54) is 19.3 Å². The zero-order chi connectivity index (χ0) is 15.0. The van der Waals surface area contributed by atoms with Gasteiger partial charge in [0.2, 0.25) is 0 Å². The summed E-state index contributed by atoms with van der Waals surface area (Å²) >= 11 is 0. The average Bonchev–Trinajstić information content (AvgIpc) is 2.37. The molecule has 120 valence electrons. The van der Waals surface area contributed by atoms with Crippen LogP contribution in [0.3, 0.4) is 0 Å². The number of unbranched alkanes of at least 4 members (excludes halogenated alkanes) is 1. The second-order valence-corrected chi connectivity index (χ2v) is 7.12. The Morgan fingerprint density at radius 3 is 2.35 bits per heavy atom. The number of hydrogen-bond donors (Lipinski definition) is 2. The Kier molecular flexibility index (Phi) is 8.08. The Morgan fingerprint density at radius 1 is 1.15 bits per heavy atom. The third-order valence-corrected chi connectivity index (χ3v) is 4.56. The monoisotopic (exact) mass is 285 g/mol. The van der Waals surface area contributed by atoms with E-state index in [1.54, 1.807) is 0 Å². The second kappa shape index (κ2) is 9.01. The Hall–Kier alpha value is -0.120. The number of aliphatic hydroxyl groups excluding tert-OH is 1. The quantitative estimate of drug-likeness (QED) is 0.638. The lowest BCUT2D eigenvalue weighted by molar-refractivity contribution is -0.00134. The van der Waals surface area contributed by atoms with Gasteiger partial charge in [-0.3, -0.25) is 0 Å². The van der Waals surface area contributed by atoms with Crippen LogP contribution in [0.4, 0.5) is 0 Å². The number of likely N-dealkylation sites (N-methyl/N-ethyl adjacent to an activating group) is 1. The second-order valence-electron chi connectivity index (χ2n) is 7.12. The number of ether oxygens (including phenoxy) is 1. The largest absolute Gasteiger partial charge is 0.394 e. The highest BCUT2D eigenvalue weighted by Gasteiger charge is 2.24. The third kappa shape index (κ3) is 6.55. The molecule has 0 radical (unpaired) electrons. The highest BCUT2D eigenvalue weighted by Crippen LogP contribution is 2.30. The minimum absolute atomic E-state index is 0.122. The molecule has 0 heterocycles. The van der Waals surface area contributed by atoms with Gasteiger partial charge in [0.1, 0.15) is 0 Å². The highest BCUT2D eigenvalue weighted by atomic mass is 16.5. The zero-order valence-corrected chi connectivity index (χ0v) is 14.0. The van der Waals surface area contributed by atoms with Crippen LogP contribution in [0.1, 0.15) is 66.2 Å². The molecule has 0 bridgehead atoms. The summed E-state index contributed by atoms with van der Waals surface area (Å²) in [7, 11) is 0. The molecule has 0 aliphatic heterocycles. The summed E-state index contributed by atoms with van der Waals surface area (Å²) in [5.41, 5.74) is -0.122. The van der Waals surface area contributed by atoms with Crippen molar-refractivity contribution >= 4 is 0 Å². The van der Waals surface area contributed by atoms with E-state index in [1.807, 2.05) is 0 Å². The van der Waals surface area contributed by atoms with Gasteiger partial charge in [-0.15, -0.1) is 0 Å². The number of rotatable bonds is 9. The molecule has 3 unspecified atom stereocenters. The van der Waals surface area contributed by atoms with E-state index >= 15 is 0 Å². The van der Waals surface area contributed by atoms with Gasteiger partial charge in [0.15, 0.2) is 0 Å². The molecule has 1 rings (SSSR count). The van der Waals surface area contributed by atoms with E-state index < -0.39 is 0 Å². The number of aliphatic hydroxyl groups is 1. The van der Waals surface area contributed by atoms with Gasteiger partial charge in [-0.2, -0.15) is 0 Å². The van der Waals surface area contributed by atoms with Crippen LogP contribution in [0.25, 0.3) is 0 Å². The van der Waals surface area contributed by atoms with Crippen molar-refractivity contribution in [3.8, 4) is 0 Å². The summed E-state index contributed by atoms with van der Waals surface area (Å²) in [6.45, 7) is 10.9. The third-order valence-electron chi connectivity index (χ3n) is 4.56. The number of nitrogens with one attached hydrogen (secondary N) is 1. The molecule has 0 aromatic heterocycles. The van der Waals surface area contributed by atoms with Crippen molar-refractivity contribution in [1.82, 2.24) is 5.32 Å². The van der Waals surface area contributed by atoms with E-state index in [0.29, 0.717) is 6.10 Å². The molecule has 3 nitrogen and oxygen atoms in total. The van der Waals surface area contributed by atoms with E-state index in [2.05, 4.69) is 33.0 Å². The Balaban J connectivity index is 2.12. The first-order valence-corrected chi connectivity index (χ1v) is 8.46. The first-order valence-electron chi connectivity index (χ1n) is 8.46. The summed E-state index contributed by atoms with van der Waals surface area (Å²) in [5, 5.41) is 12.8. The maximum Gasteiger partial charge on any atom is 0.0610 e. The molecular weight excluding hydrogens is 250 g/mol. The molecule has 2 N–H and O–H groups in total. The molecular formula is C17H35NO2. The molecule has 0 saturated heterocycles. The van der Waals surface area contributed by atoms with Crippen molar-refractivity contribution in [3.05, 3.63) is 0 Å². The molecule has 1 fully saturated rings. The van der Waals surface area contributed by atoms with Gasteiger partial charge in [0.05, 0.1) is 12.7 Å². The van der Waals surface area contributed by atoms with Crippen LogP contribution in [-0.4, -0.2) is 36.5 Å². The number of hydrogen-bond acceptors (Lipinski definition) is 3. The van der Waals surface area contributed by atoms with Crippen LogP contribution in [0.15, 0.2) is 0 Å². The lowest BCUT2D eigenvalue weighted by atomic mass is 9.82. The van der Waals surface area contributed by atoms with Gasteiger partial charge in [0, 0.05) is 12.1 Å². The van der Waals surface area contributed by atoms with Crippen molar-refractivity contribution in [1.29, 1.82) is 0 Å². The van der Waals surface area contributed by atoms with Gasteiger partial charge in [-0.05, 0) is 63.8 Å². The fourth-order valence-corrected chi connectivity index (χ4v) is 3.53. The summed E-state index contributed by atoms with van der Waals surface area (Å²) in [5.74, 6) is 1.63. The summed E-state index contributed by atoms with van der Waals surface area (Å²) in [6.07, 6.45) is 7.52. The van der Waals surface area contributed by atoms with Crippen molar-refractivity contribution in [2.24, 2.45) is 11.8 Å². The topological polar surface area (TPSA) is 41.5 Å². The summed E-state index contributed by atoms with van der Waals surface area (Å²) in [6, 6.07) is 0. The van der Waals surface area contributed by atoms with Crippen molar-refractivity contribution < 1.29 is 9.84 Å². The van der Waals surface area contributed by atoms with E-state index in [-0.39, 0.29) is 12.1 Å². The van der Waals surface area contributed by atoms with Crippen molar-refractivity contribution in [2.75, 3.05) is 19.8 Å². The lowest BCUT2D eigenvalue weighted by Gasteiger charge is -2.31. The van der Waals surface area contributed by atoms with Gasteiger partial charge in [0.25, 0.3) is 0 Å². The lowest BCUT2D eigenvalue weighted by Crippen LogP contribution is -2.45. The van der Waals surface area contributed by atoms with Gasteiger partial charge < -0.3 is 15.2 Å². The van der Waals surface area contributed by atoms with Crippen LogP contribution < -0.4 is 5.32 Å². The fourth-order valence-electron chi connectivity index (χ4n) is 3.53. The van der Waals surface area contributed by atoms with Crippen LogP contribution in [0.2, 0.25) is 0 Å². The van der Waals surface area contributed by atoms with E-state index in [4.69, 9.17) is 4.74 Å². The van der Waals surface area contributed by atoms with E-state index in [0.717, 1.165) is 44.2 Å². The molecule has 3 atom stereocenters. The van der Waals surface area contributed by atoms with Crippen molar-refractivity contribution in [2.45, 2.75) is 77.9 Å². The molecule has 1 aliphatic rings. The van der Waals surface area contributed by atoms with Gasteiger partial charge >= 0.3 is 0 Å². The predicted molar refractivity (Wildman–Crippen MR) is 84.9 cm³/mol. The molecule has 20 heavy (non-hydrogen) atoms. The SMILES string of the molecule is CCNC(C)(CO)CCCCOC1CC(C)CC(C)C1. The first kappa shape index (κ1) is 17.9. The minimum atomic E-state index is -0.122. The zero-order valence-electron chi connectivity index (χ0n) is 14.0. The average molecular weight is 285 g/mol. The molecule has 0 aromatic carbocycles. The normalized spacial score (nSPS) is 30.1. The molecule has 3 heteroatoms. The van der Waals surface area contributed by atoms with Crippen LogP contribution >= 0.6 is 0 Å². The molecule has 1 aliphatic carbocycles. The summed E-state index contributed by atoms with van der Waals surface area (Å²) in [4.78, 5) is 0. The molecule has 1 saturated carbocycles. The summed E-state index contributed by atoms with van der Waals surface area (Å²) < 4.78 is 6.05. The molecule has 0 spiro atoms. The fraction of sp³-hybridized carbons (Fsp3) is 1.00. The van der Waals surface area contributed by atoms with Crippen LogP contribution in [0, 0.1) is 11.8 Å². The van der Waals surface area contributed by atoms with Crippen molar-refractivity contribution in [3.63, 3.8) is 0 Å². The Morgan fingerprint density at radius 2 is 1.80 bits per heavy atom. The maximum absolute atomic E-state index is 9.44. The molecule has 0 amide bonds. The minimum Gasteiger partial charge on any atom is -0.394 e. The highest BCUT2D eigenvalue weighted by molar-refractivity contribution is 4.81. The van der Waals surface area contributed by atoms with E-state index in [9.17, 15) is 5.11 Å². The Labute approximate surface area is 125 Å².